The normalized spacial score (nSPS) is 15.8. The Morgan fingerprint density at radius 1 is 1.10 bits per heavy atom. The molecule has 2 heterocycles. The van der Waals surface area contributed by atoms with E-state index in [0.29, 0.717) is 38.8 Å². The molecular formula is C25H33N3O2. The number of nitrogens with zero attached hydrogens (tertiary/aromatic N) is 2. The van der Waals surface area contributed by atoms with Gasteiger partial charge < -0.3 is 10.2 Å². The van der Waals surface area contributed by atoms with Crippen molar-refractivity contribution in [3.63, 3.8) is 0 Å². The summed E-state index contributed by atoms with van der Waals surface area (Å²) in [6, 6.07) is 12.4. The van der Waals surface area contributed by atoms with E-state index in [2.05, 4.69) is 22.4 Å². The number of piperidine rings is 1. The third-order valence-corrected chi connectivity index (χ3v) is 5.98. The van der Waals surface area contributed by atoms with Crippen molar-refractivity contribution >= 4 is 11.8 Å². The molecule has 1 saturated heterocycles. The number of carbonyl (C=O) groups excluding carboxylic acids is 2. The summed E-state index contributed by atoms with van der Waals surface area (Å²) in [6.07, 6.45) is 7.07. The summed E-state index contributed by atoms with van der Waals surface area (Å²) in [7, 11) is 0. The predicted molar refractivity (Wildman–Crippen MR) is 120 cm³/mol. The minimum absolute atomic E-state index is 0.0876. The molecule has 1 fully saturated rings. The van der Waals surface area contributed by atoms with Gasteiger partial charge in [-0.1, -0.05) is 31.2 Å². The Labute approximate surface area is 179 Å². The van der Waals surface area contributed by atoms with Crippen molar-refractivity contribution in [2.45, 2.75) is 58.9 Å². The Morgan fingerprint density at radius 3 is 2.40 bits per heavy atom. The Kier molecular flexibility index (Phi) is 7.24. The van der Waals surface area contributed by atoms with Crippen LogP contribution in [0.15, 0.2) is 48.8 Å². The minimum Gasteiger partial charge on any atom is -0.353 e. The number of pyridine rings is 1. The summed E-state index contributed by atoms with van der Waals surface area (Å²) < 4.78 is 0. The number of nitrogens with one attached hydrogen (secondary N) is 1. The number of amides is 2. The number of likely N-dealkylation sites (tertiary alicyclic amines) is 1. The second-order valence-corrected chi connectivity index (χ2v) is 8.61. The number of rotatable bonds is 7. The maximum atomic E-state index is 13.4. The molecule has 0 atom stereocenters. The van der Waals surface area contributed by atoms with Crippen LogP contribution >= 0.6 is 0 Å². The molecule has 5 nitrogen and oxygen atoms in total. The van der Waals surface area contributed by atoms with Crippen LogP contribution in [-0.4, -0.2) is 40.8 Å². The molecule has 5 heteroatoms. The Morgan fingerprint density at radius 2 is 1.77 bits per heavy atom. The third kappa shape index (κ3) is 5.07. The molecule has 0 saturated carbocycles. The average molecular weight is 408 g/mol. The van der Waals surface area contributed by atoms with Gasteiger partial charge in [-0.2, -0.15) is 0 Å². The molecule has 160 valence electrons. The molecule has 1 aliphatic rings. The van der Waals surface area contributed by atoms with E-state index in [-0.39, 0.29) is 17.9 Å². The van der Waals surface area contributed by atoms with Gasteiger partial charge in [-0.25, -0.2) is 0 Å². The van der Waals surface area contributed by atoms with Gasteiger partial charge in [-0.3, -0.25) is 14.6 Å². The number of carbonyl (C=O) groups is 2. The minimum atomic E-state index is -0.504. The molecule has 1 aromatic carbocycles. The van der Waals surface area contributed by atoms with E-state index >= 15 is 0 Å². The second kappa shape index (κ2) is 9.88. The summed E-state index contributed by atoms with van der Waals surface area (Å²) >= 11 is 0. The number of aromatic nitrogens is 1. The SMILES string of the molecule is CCCC(=O)N1CCC(Cc2ccccc2-c2ccncc2)(C(=O)NC(C)C)CC1. The molecular weight excluding hydrogens is 374 g/mol. The molecule has 1 N–H and O–H groups in total. The van der Waals surface area contributed by atoms with E-state index in [1.54, 1.807) is 12.4 Å². The van der Waals surface area contributed by atoms with Crippen LogP contribution in [0.5, 0.6) is 0 Å². The van der Waals surface area contributed by atoms with Gasteiger partial charge in [0.2, 0.25) is 11.8 Å². The molecule has 0 bridgehead atoms. The summed E-state index contributed by atoms with van der Waals surface area (Å²) in [5, 5.41) is 3.15. The van der Waals surface area contributed by atoms with Crippen molar-refractivity contribution in [1.82, 2.24) is 15.2 Å². The van der Waals surface area contributed by atoms with Crippen LogP contribution < -0.4 is 5.32 Å². The smallest absolute Gasteiger partial charge is 0.226 e. The average Bonchev–Trinajstić information content (AvgIpc) is 2.75. The third-order valence-electron chi connectivity index (χ3n) is 5.98. The van der Waals surface area contributed by atoms with E-state index in [1.807, 2.05) is 49.9 Å². The van der Waals surface area contributed by atoms with Gasteiger partial charge >= 0.3 is 0 Å². The fourth-order valence-corrected chi connectivity index (χ4v) is 4.31. The lowest BCUT2D eigenvalue weighted by atomic mass is 9.71. The van der Waals surface area contributed by atoms with Gasteiger partial charge in [-0.05, 0) is 68.4 Å². The zero-order valence-corrected chi connectivity index (χ0v) is 18.4. The summed E-state index contributed by atoms with van der Waals surface area (Å²) in [6.45, 7) is 7.30. The maximum Gasteiger partial charge on any atom is 0.226 e. The Hall–Kier alpha value is -2.69. The van der Waals surface area contributed by atoms with Crippen molar-refractivity contribution in [2.75, 3.05) is 13.1 Å². The van der Waals surface area contributed by atoms with E-state index in [4.69, 9.17) is 0 Å². The lowest BCUT2D eigenvalue weighted by molar-refractivity contribution is -0.141. The number of hydrogen-bond acceptors (Lipinski definition) is 3. The lowest BCUT2D eigenvalue weighted by Crippen LogP contribution is -2.52. The van der Waals surface area contributed by atoms with Crippen LogP contribution in [-0.2, 0) is 16.0 Å². The molecule has 3 rings (SSSR count). The molecule has 1 aromatic heterocycles. The molecule has 0 aliphatic carbocycles. The predicted octanol–water partition coefficient (Wildman–Crippen LogP) is 4.22. The highest BCUT2D eigenvalue weighted by Gasteiger charge is 2.42. The standard InChI is InChI=1S/C25H33N3O2/c1-4-7-23(29)28-16-12-25(13-17-28,24(30)27-19(2)3)18-21-8-5-6-9-22(21)20-10-14-26-15-11-20/h5-6,8-11,14-15,19H,4,7,12-13,16-18H2,1-3H3,(H,27,30). The highest BCUT2D eigenvalue weighted by Crippen LogP contribution is 2.38. The maximum absolute atomic E-state index is 13.4. The van der Waals surface area contributed by atoms with Gasteiger partial charge in [0.15, 0.2) is 0 Å². The quantitative estimate of drug-likeness (QED) is 0.747. The van der Waals surface area contributed by atoms with Crippen LogP contribution in [0, 0.1) is 5.41 Å². The van der Waals surface area contributed by atoms with Crippen LogP contribution in [0.2, 0.25) is 0 Å². The zero-order chi connectivity index (χ0) is 21.6. The number of benzene rings is 1. The highest BCUT2D eigenvalue weighted by molar-refractivity contribution is 5.84. The van der Waals surface area contributed by atoms with Gasteiger partial charge in [-0.15, -0.1) is 0 Å². The first-order chi connectivity index (χ1) is 14.4. The van der Waals surface area contributed by atoms with Crippen molar-refractivity contribution in [3.05, 3.63) is 54.4 Å². The lowest BCUT2D eigenvalue weighted by Gasteiger charge is -2.41. The van der Waals surface area contributed by atoms with E-state index in [1.165, 1.54) is 0 Å². The van der Waals surface area contributed by atoms with Gasteiger partial charge in [0.05, 0.1) is 5.41 Å². The fourth-order valence-electron chi connectivity index (χ4n) is 4.31. The van der Waals surface area contributed by atoms with Gasteiger partial charge in [0.25, 0.3) is 0 Å². The van der Waals surface area contributed by atoms with Crippen molar-refractivity contribution in [1.29, 1.82) is 0 Å². The van der Waals surface area contributed by atoms with Crippen LogP contribution in [0.1, 0.15) is 52.0 Å². The first-order valence-electron chi connectivity index (χ1n) is 11.0. The molecule has 0 spiro atoms. The topological polar surface area (TPSA) is 62.3 Å². The second-order valence-electron chi connectivity index (χ2n) is 8.61. The highest BCUT2D eigenvalue weighted by atomic mass is 16.2. The largest absolute Gasteiger partial charge is 0.353 e. The summed E-state index contributed by atoms with van der Waals surface area (Å²) in [5.74, 6) is 0.303. The van der Waals surface area contributed by atoms with Crippen LogP contribution in [0.4, 0.5) is 0 Å². The Bertz CT molecular complexity index is 856. The monoisotopic (exact) mass is 407 g/mol. The van der Waals surface area contributed by atoms with Crippen LogP contribution in [0.3, 0.4) is 0 Å². The summed E-state index contributed by atoms with van der Waals surface area (Å²) in [4.78, 5) is 31.8. The Balaban J connectivity index is 1.89. The van der Waals surface area contributed by atoms with E-state index in [9.17, 15) is 9.59 Å². The first-order valence-corrected chi connectivity index (χ1v) is 11.0. The molecule has 2 aromatic rings. The van der Waals surface area contributed by atoms with Crippen LogP contribution in [0.25, 0.3) is 11.1 Å². The van der Waals surface area contributed by atoms with E-state index in [0.717, 1.165) is 23.1 Å². The molecule has 1 aliphatic heterocycles. The molecule has 2 amide bonds. The van der Waals surface area contributed by atoms with Crippen molar-refractivity contribution in [3.8, 4) is 11.1 Å². The fraction of sp³-hybridized carbons (Fsp3) is 0.480. The van der Waals surface area contributed by atoms with E-state index < -0.39 is 5.41 Å². The summed E-state index contributed by atoms with van der Waals surface area (Å²) in [5.41, 5.74) is 2.91. The molecule has 0 unspecified atom stereocenters. The van der Waals surface area contributed by atoms with Gasteiger partial charge in [0, 0.05) is 37.9 Å². The molecule has 0 radical (unpaired) electrons. The van der Waals surface area contributed by atoms with Gasteiger partial charge in [0.1, 0.15) is 0 Å². The van der Waals surface area contributed by atoms with Crippen molar-refractivity contribution < 1.29 is 9.59 Å². The number of hydrogen-bond donors (Lipinski definition) is 1. The molecule has 30 heavy (non-hydrogen) atoms. The first kappa shape index (κ1) is 22.0. The van der Waals surface area contributed by atoms with Crippen molar-refractivity contribution in [2.24, 2.45) is 5.41 Å². The zero-order valence-electron chi connectivity index (χ0n) is 18.4.